The second kappa shape index (κ2) is 6.53. The molecule has 1 aliphatic heterocycles. The van der Waals surface area contributed by atoms with Crippen molar-refractivity contribution in [3.63, 3.8) is 0 Å². The zero-order valence-electron chi connectivity index (χ0n) is 13.0. The summed E-state index contributed by atoms with van der Waals surface area (Å²) in [5.74, 6) is 2.10. The van der Waals surface area contributed by atoms with Gasteiger partial charge < -0.3 is 10.2 Å². The number of aromatic nitrogens is 1. The first kappa shape index (κ1) is 15.2. The molecule has 0 saturated carbocycles. The van der Waals surface area contributed by atoms with Gasteiger partial charge in [-0.1, -0.05) is 27.7 Å². The Kier molecular flexibility index (Phi) is 4.97. The van der Waals surface area contributed by atoms with Gasteiger partial charge in [-0.2, -0.15) is 0 Å². The number of hydrogen-bond donors (Lipinski definition) is 1. The molecule has 0 amide bonds. The van der Waals surface area contributed by atoms with Crippen LogP contribution in [0.5, 0.6) is 0 Å². The van der Waals surface area contributed by atoms with Crippen LogP contribution in [0.25, 0.3) is 0 Å². The third kappa shape index (κ3) is 3.69. The molecule has 20 heavy (non-hydrogen) atoms. The van der Waals surface area contributed by atoms with E-state index in [0.29, 0.717) is 24.4 Å². The van der Waals surface area contributed by atoms with Crippen molar-refractivity contribution in [2.75, 3.05) is 18.0 Å². The van der Waals surface area contributed by atoms with E-state index in [1.54, 1.807) is 6.07 Å². The molecule has 4 heteroatoms. The third-order valence-electron chi connectivity index (χ3n) is 4.08. The third-order valence-corrected chi connectivity index (χ3v) is 4.08. The highest BCUT2D eigenvalue weighted by atomic mass is 19.1. The Morgan fingerprint density at radius 1 is 1.40 bits per heavy atom. The summed E-state index contributed by atoms with van der Waals surface area (Å²) >= 11 is 0. The summed E-state index contributed by atoms with van der Waals surface area (Å²) in [6, 6.07) is 1.99. The summed E-state index contributed by atoms with van der Waals surface area (Å²) in [7, 11) is 0. The lowest BCUT2D eigenvalue weighted by molar-refractivity contribution is 0.422. The summed E-state index contributed by atoms with van der Waals surface area (Å²) in [5, 5.41) is 3.35. The number of anilines is 1. The quantitative estimate of drug-likeness (QED) is 0.897. The average Bonchev–Trinajstić information content (AvgIpc) is 2.86. The minimum Gasteiger partial charge on any atom is -0.356 e. The summed E-state index contributed by atoms with van der Waals surface area (Å²) < 4.78 is 13.5. The van der Waals surface area contributed by atoms with Crippen LogP contribution < -0.4 is 10.2 Å². The Balaban J connectivity index is 2.14. The van der Waals surface area contributed by atoms with Crippen LogP contribution in [0.4, 0.5) is 10.2 Å². The van der Waals surface area contributed by atoms with Crippen LogP contribution in [0.1, 0.15) is 39.7 Å². The van der Waals surface area contributed by atoms with Crippen LogP contribution in [-0.2, 0) is 6.54 Å². The predicted molar refractivity (Wildman–Crippen MR) is 81.3 cm³/mol. The van der Waals surface area contributed by atoms with Gasteiger partial charge in [-0.3, -0.25) is 0 Å². The monoisotopic (exact) mass is 279 g/mol. The van der Waals surface area contributed by atoms with E-state index in [1.165, 1.54) is 12.6 Å². The van der Waals surface area contributed by atoms with E-state index in [0.717, 1.165) is 24.5 Å². The van der Waals surface area contributed by atoms with Crippen molar-refractivity contribution in [2.45, 2.75) is 46.7 Å². The van der Waals surface area contributed by atoms with Crippen LogP contribution >= 0.6 is 0 Å². The number of pyridine rings is 1. The van der Waals surface area contributed by atoms with Crippen molar-refractivity contribution in [1.29, 1.82) is 0 Å². The molecule has 0 aliphatic carbocycles. The van der Waals surface area contributed by atoms with Crippen molar-refractivity contribution >= 4 is 5.82 Å². The van der Waals surface area contributed by atoms with Gasteiger partial charge in [0.25, 0.3) is 0 Å². The first-order chi connectivity index (χ1) is 9.47. The Morgan fingerprint density at radius 2 is 2.15 bits per heavy atom. The van der Waals surface area contributed by atoms with Crippen LogP contribution in [0.2, 0.25) is 0 Å². The van der Waals surface area contributed by atoms with Gasteiger partial charge in [0.2, 0.25) is 0 Å². The Hall–Kier alpha value is -1.16. The molecule has 112 valence electrons. The minimum absolute atomic E-state index is 0.256. The molecule has 1 fully saturated rings. The molecule has 1 N–H and O–H groups in total. The van der Waals surface area contributed by atoms with Crippen LogP contribution in [-0.4, -0.2) is 24.1 Å². The second-order valence-electron chi connectivity index (χ2n) is 6.41. The number of nitrogens with zero attached hydrogens (tertiary/aromatic N) is 2. The van der Waals surface area contributed by atoms with Gasteiger partial charge in [-0.25, -0.2) is 9.37 Å². The van der Waals surface area contributed by atoms with Gasteiger partial charge in [-0.15, -0.1) is 0 Å². The van der Waals surface area contributed by atoms with E-state index in [-0.39, 0.29) is 5.82 Å². The van der Waals surface area contributed by atoms with Gasteiger partial charge in [0.15, 0.2) is 0 Å². The summed E-state index contributed by atoms with van der Waals surface area (Å²) in [6.45, 7) is 11.5. The second-order valence-corrected chi connectivity index (χ2v) is 6.41. The molecule has 0 radical (unpaired) electrons. The molecule has 0 aromatic carbocycles. The summed E-state index contributed by atoms with van der Waals surface area (Å²) in [6.07, 6.45) is 2.53. The normalized spacial score (nSPS) is 19.4. The van der Waals surface area contributed by atoms with Gasteiger partial charge in [-0.05, 0) is 24.3 Å². The first-order valence-corrected chi connectivity index (χ1v) is 7.60. The molecule has 3 nitrogen and oxygen atoms in total. The lowest BCUT2D eigenvalue weighted by Crippen LogP contribution is -2.27. The van der Waals surface area contributed by atoms with E-state index in [1.807, 2.05) is 0 Å². The fourth-order valence-corrected chi connectivity index (χ4v) is 2.73. The number of nitrogens with one attached hydrogen (secondary N) is 1. The van der Waals surface area contributed by atoms with Crippen molar-refractivity contribution in [3.8, 4) is 0 Å². The molecular weight excluding hydrogens is 253 g/mol. The lowest BCUT2D eigenvalue weighted by atomic mass is 9.95. The number of halogens is 1. The smallest absolute Gasteiger partial charge is 0.141 e. The molecule has 1 unspecified atom stereocenters. The molecule has 1 atom stereocenters. The van der Waals surface area contributed by atoms with Crippen LogP contribution in [0, 0.1) is 17.7 Å². The van der Waals surface area contributed by atoms with E-state index in [4.69, 9.17) is 0 Å². The molecular formula is C16H26FN3. The van der Waals surface area contributed by atoms with E-state index in [2.05, 4.69) is 42.9 Å². The standard InChI is InChI=1S/C16H26FN3/c1-11(2)13-5-6-20(10-13)16-14(8-18-12(3)4)7-15(17)9-19-16/h7,9,11-13,18H,5-6,8,10H2,1-4H3. The molecule has 1 aromatic rings. The summed E-state index contributed by atoms with van der Waals surface area (Å²) in [5.41, 5.74) is 0.961. The topological polar surface area (TPSA) is 28.2 Å². The first-order valence-electron chi connectivity index (χ1n) is 7.60. The number of hydrogen-bond acceptors (Lipinski definition) is 3. The lowest BCUT2D eigenvalue weighted by Gasteiger charge is -2.22. The van der Waals surface area contributed by atoms with Crippen molar-refractivity contribution in [1.82, 2.24) is 10.3 Å². The Labute approximate surface area is 121 Å². The van der Waals surface area contributed by atoms with E-state index in [9.17, 15) is 4.39 Å². The van der Waals surface area contributed by atoms with Crippen molar-refractivity contribution in [3.05, 3.63) is 23.6 Å². The largest absolute Gasteiger partial charge is 0.356 e. The highest BCUT2D eigenvalue weighted by molar-refractivity contribution is 5.48. The van der Waals surface area contributed by atoms with Gasteiger partial charge >= 0.3 is 0 Å². The number of rotatable bonds is 5. The maximum absolute atomic E-state index is 13.5. The average molecular weight is 279 g/mol. The van der Waals surface area contributed by atoms with Crippen LogP contribution in [0.3, 0.4) is 0 Å². The molecule has 1 aromatic heterocycles. The zero-order valence-corrected chi connectivity index (χ0v) is 13.0. The molecule has 1 aliphatic rings. The van der Waals surface area contributed by atoms with Crippen molar-refractivity contribution in [2.24, 2.45) is 11.8 Å². The molecule has 2 rings (SSSR count). The minimum atomic E-state index is -0.256. The van der Waals surface area contributed by atoms with Gasteiger partial charge in [0, 0.05) is 31.2 Å². The van der Waals surface area contributed by atoms with E-state index >= 15 is 0 Å². The fourth-order valence-electron chi connectivity index (χ4n) is 2.73. The molecule has 1 saturated heterocycles. The predicted octanol–water partition coefficient (Wildman–Crippen LogP) is 3.20. The Morgan fingerprint density at radius 3 is 2.75 bits per heavy atom. The highest BCUT2D eigenvalue weighted by Crippen LogP contribution is 2.29. The summed E-state index contributed by atoms with van der Waals surface area (Å²) in [4.78, 5) is 6.65. The zero-order chi connectivity index (χ0) is 14.7. The maximum atomic E-state index is 13.5. The van der Waals surface area contributed by atoms with Crippen LogP contribution in [0.15, 0.2) is 12.3 Å². The Bertz CT molecular complexity index is 445. The van der Waals surface area contributed by atoms with E-state index < -0.39 is 0 Å². The molecule has 2 heterocycles. The molecule has 0 spiro atoms. The van der Waals surface area contributed by atoms with Gasteiger partial charge in [0.05, 0.1) is 6.20 Å². The maximum Gasteiger partial charge on any atom is 0.141 e. The highest BCUT2D eigenvalue weighted by Gasteiger charge is 2.27. The molecule has 0 bridgehead atoms. The van der Waals surface area contributed by atoms with Crippen molar-refractivity contribution < 1.29 is 4.39 Å². The fraction of sp³-hybridized carbons (Fsp3) is 0.688. The SMILES string of the molecule is CC(C)NCc1cc(F)cnc1N1CCC(C(C)C)C1. The van der Waals surface area contributed by atoms with Gasteiger partial charge in [0.1, 0.15) is 11.6 Å².